The number of methoxy groups -OCH3 is 1. The van der Waals surface area contributed by atoms with Crippen molar-refractivity contribution < 1.29 is 4.74 Å². The molecule has 1 fully saturated rings. The van der Waals surface area contributed by atoms with Crippen LogP contribution in [0.4, 0.5) is 0 Å². The Kier molecular flexibility index (Phi) is 4.00. The molecule has 1 aliphatic heterocycles. The topological polar surface area (TPSA) is 21.3 Å². The summed E-state index contributed by atoms with van der Waals surface area (Å²) in [6, 6.07) is 6.57. The van der Waals surface area contributed by atoms with Crippen molar-refractivity contribution in [3.05, 3.63) is 28.8 Å². The van der Waals surface area contributed by atoms with Crippen LogP contribution in [0, 0.1) is 0 Å². The van der Waals surface area contributed by atoms with Crippen molar-refractivity contribution in [3.8, 4) is 5.75 Å². The second-order valence-electron chi connectivity index (χ2n) is 4.00. The summed E-state index contributed by atoms with van der Waals surface area (Å²) < 4.78 is 5.15. The highest BCUT2D eigenvalue weighted by Gasteiger charge is 2.20. The third-order valence-corrected chi connectivity index (χ3v) is 4.26. The molecule has 0 bridgehead atoms. The van der Waals surface area contributed by atoms with Gasteiger partial charge in [-0.25, -0.2) is 0 Å². The fourth-order valence-corrected chi connectivity index (χ4v) is 3.45. The van der Waals surface area contributed by atoms with Crippen LogP contribution in [0.5, 0.6) is 5.75 Å². The van der Waals surface area contributed by atoms with Crippen LogP contribution in [0.2, 0.25) is 5.02 Å². The molecular formula is C12H16ClNOS. The second-order valence-corrected chi connectivity index (χ2v) is 5.62. The van der Waals surface area contributed by atoms with Crippen molar-refractivity contribution in [3.63, 3.8) is 0 Å². The van der Waals surface area contributed by atoms with E-state index in [1.807, 2.05) is 23.9 Å². The number of benzene rings is 1. The minimum atomic E-state index is 0.354. The zero-order chi connectivity index (χ0) is 11.5. The first kappa shape index (κ1) is 12.1. The summed E-state index contributed by atoms with van der Waals surface area (Å²) in [5.74, 6) is 1.93. The summed E-state index contributed by atoms with van der Waals surface area (Å²) in [5, 5.41) is 4.60. The van der Waals surface area contributed by atoms with E-state index in [1.54, 1.807) is 7.11 Å². The molecule has 1 N–H and O–H groups in total. The highest BCUT2D eigenvalue weighted by molar-refractivity contribution is 7.99. The minimum absolute atomic E-state index is 0.354. The first-order valence-corrected chi connectivity index (χ1v) is 6.84. The van der Waals surface area contributed by atoms with Gasteiger partial charge in [-0.05, 0) is 36.8 Å². The predicted molar refractivity (Wildman–Crippen MR) is 70.4 cm³/mol. The smallest absolute Gasteiger partial charge is 0.137 e. The second kappa shape index (κ2) is 5.30. The molecule has 0 spiro atoms. The highest BCUT2D eigenvalue weighted by Crippen LogP contribution is 2.35. The molecule has 88 valence electrons. The molecule has 1 aliphatic rings. The molecule has 4 heteroatoms. The summed E-state index contributed by atoms with van der Waals surface area (Å²) in [6.07, 6.45) is 1.23. The zero-order valence-electron chi connectivity index (χ0n) is 9.50. The highest BCUT2D eigenvalue weighted by atomic mass is 35.5. The van der Waals surface area contributed by atoms with Gasteiger partial charge in [0.05, 0.1) is 17.5 Å². The molecule has 0 saturated carbocycles. The van der Waals surface area contributed by atoms with Crippen LogP contribution >= 0.6 is 23.4 Å². The van der Waals surface area contributed by atoms with E-state index < -0.39 is 0 Å². The van der Waals surface area contributed by atoms with E-state index in [0.29, 0.717) is 16.4 Å². The number of hydrogen-bond donors (Lipinski definition) is 1. The van der Waals surface area contributed by atoms with Crippen molar-refractivity contribution in [2.24, 2.45) is 0 Å². The fraction of sp³-hybridized carbons (Fsp3) is 0.500. The summed E-state index contributed by atoms with van der Waals surface area (Å²) >= 11 is 8.05. The van der Waals surface area contributed by atoms with Gasteiger partial charge in [0.15, 0.2) is 0 Å². The van der Waals surface area contributed by atoms with Crippen LogP contribution < -0.4 is 10.1 Å². The normalized spacial score (nSPS) is 25.4. The SMILES string of the molecule is COc1ccc(C2NC(C)CCS2)cc1Cl. The molecule has 0 aromatic heterocycles. The van der Waals surface area contributed by atoms with Gasteiger partial charge < -0.3 is 4.74 Å². The third kappa shape index (κ3) is 2.65. The quantitative estimate of drug-likeness (QED) is 0.877. The van der Waals surface area contributed by atoms with Gasteiger partial charge in [-0.1, -0.05) is 17.7 Å². The molecule has 0 radical (unpaired) electrons. The first-order chi connectivity index (χ1) is 7.70. The number of thioether (sulfide) groups is 1. The summed E-state index contributed by atoms with van der Waals surface area (Å²) in [7, 11) is 1.64. The van der Waals surface area contributed by atoms with Crippen LogP contribution in [-0.4, -0.2) is 18.9 Å². The van der Waals surface area contributed by atoms with Crippen molar-refractivity contribution in [1.82, 2.24) is 5.32 Å². The molecule has 2 rings (SSSR count). The molecule has 1 aromatic carbocycles. The molecular weight excluding hydrogens is 242 g/mol. The van der Waals surface area contributed by atoms with Gasteiger partial charge in [-0.3, -0.25) is 5.32 Å². The van der Waals surface area contributed by atoms with Gasteiger partial charge in [-0.15, -0.1) is 11.8 Å². The summed E-state index contributed by atoms with van der Waals surface area (Å²) in [5.41, 5.74) is 1.22. The lowest BCUT2D eigenvalue weighted by molar-refractivity contribution is 0.414. The van der Waals surface area contributed by atoms with Crippen LogP contribution in [0.1, 0.15) is 24.3 Å². The van der Waals surface area contributed by atoms with Gasteiger partial charge in [0.2, 0.25) is 0 Å². The molecule has 1 saturated heterocycles. The van der Waals surface area contributed by atoms with Crippen LogP contribution in [0.25, 0.3) is 0 Å². The molecule has 1 aromatic rings. The predicted octanol–water partition coefficient (Wildman–Crippen LogP) is 3.46. The van der Waals surface area contributed by atoms with Crippen molar-refractivity contribution in [2.75, 3.05) is 12.9 Å². The van der Waals surface area contributed by atoms with E-state index in [-0.39, 0.29) is 0 Å². The Bertz CT molecular complexity index is 372. The standard InChI is InChI=1S/C12H16ClNOS/c1-8-5-6-16-12(14-8)9-3-4-11(15-2)10(13)7-9/h3-4,7-8,12,14H,5-6H2,1-2H3. The lowest BCUT2D eigenvalue weighted by Crippen LogP contribution is -2.33. The van der Waals surface area contributed by atoms with Crippen LogP contribution in [0.15, 0.2) is 18.2 Å². The Balaban J connectivity index is 2.17. The van der Waals surface area contributed by atoms with E-state index in [4.69, 9.17) is 16.3 Å². The Hall–Kier alpha value is -0.380. The number of halogens is 1. The van der Waals surface area contributed by atoms with Gasteiger partial charge in [0.25, 0.3) is 0 Å². The first-order valence-electron chi connectivity index (χ1n) is 5.42. The average Bonchev–Trinajstić information content (AvgIpc) is 2.29. The Morgan fingerprint density at radius 1 is 1.50 bits per heavy atom. The molecule has 2 atom stereocenters. The molecule has 0 aliphatic carbocycles. The maximum atomic E-state index is 6.12. The molecule has 1 heterocycles. The van der Waals surface area contributed by atoms with Gasteiger partial charge in [0.1, 0.15) is 5.75 Å². The van der Waals surface area contributed by atoms with Gasteiger partial charge >= 0.3 is 0 Å². The monoisotopic (exact) mass is 257 g/mol. The molecule has 0 amide bonds. The Labute approximate surface area is 106 Å². The number of ether oxygens (including phenoxy) is 1. The van der Waals surface area contributed by atoms with Crippen LogP contribution in [-0.2, 0) is 0 Å². The van der Waals surface area contributed by atoms with Crippen LogP contribution in [0.3, 0.4) is 0 Å². The maximum absolute atomic E-state index is 6.12. The van der Waals surface area contributed by atoms with Crippen molar-refractivity contribution >= 4 is 23.4 Å². The Morgan fingerprint density at radius 3 is 2.94 bits per heavy atom. The third-order valence-electron chi connectivity index (χ3n) is 2.75. The van der Waals surface area contributed by atoms with Gasteiger partial charge in [-0.2, -0.15) is 0 Å². The molecule has 2 unspecified atom stereocenters. The minimum Gasteiger partial charge on any atom is -0.495 e. The summed E-state index contributed by atoms with van der Waals surface area (Å²) in [6.45, 7) is 2.22. The van der Waals surface area contributed by atoms with E-state index in [2.05, 4.69) is 18.3 Å². The summed E-state index contributed by atoms with van der Waals surface area (Å²) in [4.78, 5) is 0. The molecule has 16 heavy (non-hydrogen) atoms. The lowest BCUT2D eigenvalue weighted by Gasteiger charge is -2.28. The largest absolute Gasteiger partial charge is 0.495 e. The maximum Gasteiger partial charge on any atom is 0.137 e. The number of hydrogen-bond acceptors (Lipinski definition) is 3. The fourth-order valence-electron chi connectivity index (χ4n) is 1.79. The lowest BCUT2D eigenvalue weighted by atomic mass is 10.2. The number of nitrogens with one attached hydrogen (secondary N) is 1. The Morgan fingerprint density at radius 2 is 2.31 bits per heavy atom. The molecule has 2 nitrogen and oxygen atoms in total. The van der Waals surface area contributed by atoms with E-state index >= 15 is 0 Å². The average molecular weight is 258 g/mol. The van der Waals surface area contributed by atoms with E-state index in [1.165, 1.54) is 17.7 Å². The van der Waals surface area contributed by atoms with Crippen molar-refractivity contribution in [2.45, 2.75) is 24.8 Å². The van der Waals surface area contributed by atoms with Gasteiger partial charge in [0, 0.05) is 6.04 Å². The zero-order valence-corrected chi connectivity index (χ0v) is 11.1. The van der Waals surface area contributed by atoms with E-state index in [0.717, 1.165) is 5.75 Å². The van der Waals surface area contributed by atoms with E-state index in [9.17, 15) is 0 Å². The van der Waals surface area contributed by atoms with Crippen molar-refractivity contribution in [1.29, 1.82) is 0 Å². The number of rotatable bonds is 2.